The van der Waals surface area contributed by atoms with Crippen molar-refractivity contribution in [2.45, 2.75) is 13.1 Å². The Hall–Kier alpha value is -2.77. The summed E-state index contributed by atoms with van der Waals surface area (Å²) in [5.41, 5.74) is 14.3. The van der Waals surface area contributed by atoms with Crippen molar-refractivity contribution < 1.29 is 4.79 Å². The Morgan fingerprint density at radius 1 is 0.750 bits per heavy atom. The first-order chi connectivity index (χ1) is 12.4. The summed E-state index contributed by atoms with van der Waals surface area (Å²) in [4.78, 5) is 16.2. The van der Waals surface area contributed by atoms with E-state index in [4.69, 9.17) is 22.3 Å². The molecule has 1 fully saturated rings. The lowest BCUT2D eigenvalue weighted by atomic mass is 10.1. The molecule has 2 amide bonds. The molecule has 0 radical (unpaired) electrons. The molecule has 9 heteroatoms. The molecule has 2 aromatic carbocycles. The predicted octanol–water partition coefficient (Wildman–Crippen LogP) is 2.54. The fraction of sp³-hybridized carbons (Fsp3) is 0.211. The van der Waals surface area contributed by atoms with Gasteiger partial charge < -0.3 is 21.3 Å². The minimum absolute atomic E-state index is 0. The highest BCUT2D eigenvalue weighted by Crippen LogP contribution is 2.17. The van der Waals surface area contributed by atoms with E-state index in [9.17, 15) is 4.79 Å². The molecule has 1 aliphatic heterocycles. The van der Waals surface area contributed by atoms with E-state index in [1.54, 1.807) is 24.3 Å². The Kier molecular flexibility index (Phi) is 8.28. The van der Waals surface area contributed by atoms with Gasteiger partial charge >= 0.3 is 6.03 Å². The standard InChI is InChI=1S/C19H22N6O.2ClH/c20-17(21)15-5-1-13(2-6-15)11-24-9-10-25(19(24)26)12-14-3-7-16(8-4-14)18(22)23;;/h1-8H,9-12H2,(H3,20,21)(H3,22,23);2*1H. The first kappa shape index (κ1) is 23.3. The molecule has 0 atom stereocenters. The summed E-state index contributed by atoms with van der Waals surface area (Å²) < 4.78 is 0. The number of benzene rings is 2. The molecule has 2 aromatic rings. The van der Waals surface area contributed by atoms with Crippen LogP contribution in [-0.4, -0.2) is 40.6 Å². The lowest BCUT2D eigenvalue weighted by molar-refractivity contribution is 0.189. The van der Waals surface area contributed by atoms with Crippen molar-refractivity contribution in [1.29, 1.82) is 10.8 Å². The SMILES string of the molecule is Cl.Cl.N=C(N)c1ccc(CN2CCN(Cc3ccc(C(=N)N)cc3)C2=O)cc1. The lowest BCUT2D eigenvalue weighted by Gasteiger charge is -2.19. The van der Waals surface area contributed by atoms with Crippen molar-refractivity contribution in [2.75, 3.05) is 13.1 Å². The third-order valence-corrected chi connectivity index (χ3v) is 4.46. The van der Waals surface area contributed by atoms with Crippen LogP contribution in [0.3, 0.4) is 0 Å². The number of urea groups is 1. The number of hydrogen-bond acceptors (Lipinski definition) is 3. The third-order valence-electron chi connectivity index (χ3n) is 4.46. The van der Waals surface area contributed by atoms with E-state index in [-0.39, 0.29) is 42.5 Å². The van der Waals surface area contributed by atoms with Gasteiger partial charge in [-0.25, -0.2) is 4.79 Å². The maximum atomic E-state index is 12.6. The largest absolute Gasteiger partial charge is 0.384 e. The van der Waals surface area contributed by atoms with Crippen LogP contribution in [0.1, 0.15) is 22.3 Å². The summed E-state index contributed by atoms with van der Waals surface area (Å²) in [5, 5.41) is 14.8. The van der Waals surface area contributed by atoms with Crippen molar-refractivity contribution >= 4 is 42.5 Å². The van der Waals surface area contributed by atoms with Gasteiger partial charge in [0.25, 0.3) is 0 Å². The Balaban J connectivity index is 0.00000196. The molecule has 0 spiro atoms. The van der Waals surface area contributed by atoms with Gasteiger partial charge in [0.2, 0.25) is 0 Å². The average molecular weight is 423 g/mol. The number of nitrogen functional groups attached to an aromatic ring is 2. The number of nitrogens with one attached hydrogen (secondary N) is 2. The number of carbonyl (C=O) groups excluding carboxylic acids is 1. The zero-order chi connectivity index (χ0) is 18.7. The fourth-order valence-corrected chi connectivity index (χ4v) is 2.95. The van der Waals surface area contributed by atoms with Crippen LogP contribution < -0.4 is 11.5 Å². The topological polar surface area (TPSA) is 123 Å². The van der Waals surface area contributed by atoms with Crippen LogP contribution in [0.5, 0.6) is 0 Å². The number of amides is 2. The second-order valence-corrected chi connectivity index (χ2v) is 6.35. The normalized spacial score (nSPS) is 12.9. The summed E-state index contributed by atoms with van der Waals surface area (Å²) in [7, 11) is 0. The molecule has 3 rings (SSSR count). The molecule has 0 saturated carbocycles. The molecule has 1 saturated heterocycles. The highest BCUT2D eigenvalue weighted by molar-refractivity contribution is 5.95. The van der Waals surface area contributed by atoms with Gasteiger partial charge in [-0.2, -0.15) is 0 Å². The van der Waals surface area contributed by atoms with Crippen LogP contribution >= 0.6 is 24.8 Å². The second kappa shape index (κ2) is 9.96. The van der Waals surface area contributed by atoms with Crippen molar-refractivity contribution in [3.05, 3.63) is 70.8 Å². The van der Waals surface area contributed by atoms with E-state index in [1.165, 1.54) is 0 Å². The summed E-state index contributed by atoms with van der Waals surface area (Å²) in [5.74, 6) is 0.0755. The number of nitrogens with zero attached hydrogens (tertiary/aromatic N) is 2. The molecule has 28 heavy (non-hydrogen) atoms. The van der Waals surface area contributed by atoms with E-state index >= 15 is 0 Å². The molecule has 0 aromatic heterocycles. The Morgan fingerprint density at radius 2 is 1.07 bits per heavy atom. The number of rotatable bonds is 6. The summed E-state index contributed by atoms with van der Waals surface area (Å²) in [6, 6.07) is 14.8. The van der Waals surface area contributed by atoms with Gasteiger partial charge in [-0.15, -0.1) is 24.8 Å². The minimum atomic E-state index is 0. The van der Waals surface area contributed by atoms with Gasteiger partial charge in [-0.05, 0) is 11.1 Å². The molecule has 1 aliphatic rings. The monoisotopic (exact) mass is 422 g/mol. The first-order valence-corrected chi connectivity index (χ1v) is 8.34. The zero-order valence-electron chi connectivity index (χ0n) is 15.2. The van der Waals surface area contributed by atoms with E-state index in [2.05, 4.69) is 0 Å². The van der Waals surface area contributed by atoms with Gasteiger partial charge in [0.1, 0.15) is 11.7 Å². The molecule has 0 bridgehead atoms. The lowest BCUT2D eigenvalue weighted by Crippen LogP contribution is -2.31. The van der Waals surface area contributed by atoms with Crippen molar-refractivity contribution in [2.24, 2.45) is 11.5 Å². The second-order valence-electron chi connectivity index (χ2n) is 6.35. The predicted molar refractivity (Wildman–Crippen MR) is 116 cm³/mol. The molecule has 6 N–H and O–H groups in total. The zero-order valence-corrected chi connectivity index (χ0v) is 16.9. The van der Waals surface area contributed by atoms with E-state index in [0.29, 0.717) is 37.3 Å². The molecule has 0 aliphatic carbocycles. The molecule has 150 valence electrons. The molecule has 0 unspecified atom stereocenters. The summed E-state index contributed by atoms with van der Waals surface area (Å²) in [6.07, 6.45) is 0. The Labute approximate surface area is 176 Å². The summed E-state index contributed by atoms with van der Waals surface area (Å²) >= 11 is 0. The molecular formula is C19H24Cl2N6O. The number of carbonyl (C=O) groups is 1. The van der Waals surface area contributed by atoms with Gasteiger partial charge in [-0.1, -0.05) is 48.5 Å². The van der Waals surface area contributed by atoms with Crippen molar-refractivity contribution in [1.82, 2.24) is 9.80 Å². The molecular weight excluding hydrogens is 399 g/mol. The van der Waals surface area contributed by atoms with Crippen molar-refractivity contribution in [3.63, 3.8) is 0 Å². The Morgan fingerprint density at radius 3 is 1.36 bits per heavy atom. The van der Waals surface area contributed by atoms with Crippen LogP contribution in [-0.2, 0) is 13.1 Å². The van der Waals surface area contributed by atoms with Gasteiger partial charge in [0.05, 0.1) is 0 Å². The van der Waals surface area contributed by atoms with E-state index in [0.717, 1.165) is 11.1 Å². The number of nitrogens with two attached hydrogens (primary N) is 2. The Bertz CT molecular complexity index is 769. The number of hydrogen-bond donors (Lipinski definition) is 4. The first-order valence-electron chi connectivity index (χ1n) is 8.34. The maximum absolute atomic E-state index is 12.6. The minimum Gasteiger partial charge on any atom is -0.384 e. The third kappa shape index (κ3) is 5.37. The molecule has 7 nitrogen and oxygen atoms in total. The van der Waals surface area contributed by atoms with Crippen LogP contribution in [0.15, 0.2) is 48.5 Å². The van der Waals surface area contributed by atoms with Crippen LogP contribution in [0, 0.1) is 10.8 Å². The summed E-state index contributed by atoms with van der Waals surface area (Å²) in [6.45, 7) is 2.44. The highest BCUT2D eigenvalue weighted by Gasteiger charge is 2.28. The smallest absolute Gasteiger partial charge is 0.320 e. The van der Waals surface area contributed by atoms with E-state index in [1.807, 2.05) is 34.1 Å². The van der Waals surface area contributed by atoms with Crippen LogP contribution in [0.4, 0.5) is 4.79 Å². The number of halogens is 2. The van der Waals surface area contributed by atoms with E-state index < -0.39 is 0 Å². The number of amidine groups is 2. The van der Waals surface area contributed by atoms with Crippen LogP contribution in [0.2, 0.25) is 0 Å². The van der Waals surface area contributed by atoms with Gasteiger partial charge in [0.15, 0.2) is 0 Å². The quantitative estimate of drug-likeness (QED) is 0.422. The fourth-order valence-electron chi connectivity index (χ4n) is 2.95. The highest BCUT2D eigenvalue weighted by atomic mass is 35.5. The molecule has 1 heterocycles. The van der Waals surface area contributed by atoms with Gasteiger partial charge in [-0.3, -0.25) is 10.8 Å². The average Bonchev–Trinajstić information content (AvgIpc) is 2.96. The maximum Gasteiger partial charge on any atom is 0.320 e. The van der Waals surface area contributed by atoms with Crippen molar-refractivity contribution in [3.8, 4) is 0 Å². The van der Waals surface area contributed by atoms with Gasteiger partial charge in [0, 0.05) is 37.3 Å². The van der Waals surface area contributed by atoms with Crippen LogP contribution in [0.25, 0.3) is 0 Å².